The van der Waals surface area contributed by atoms with Crippen LogP contribution in [0.5, 0.6) is 11.5 Å². The number of esters is 1. The molecule has 0 radical (unpaired) electrons. The van der Waals surface area contributed by atoms with Gasteiger partial charge in [0.05, 0.1) is 25.0 Å². The van der Waals surface area contributed by atoms with Crippen LogP contribution in [-0.4, -0.2) is 26.1 Å². The number of ether oxygens (including phenoxy) is 3. The first kappa shape index (κ1) is 15.4. The summed E-state index contributed by atoms with van der Waals surface area (Å²) >= 11 is 3.41. The van der Waals surface area contributed by atoms with Crippen molar-refractivity contribution in [2.24, 2.45) is 4.99 Å². The van der Waals surface area contributed by atoms with E-state index in [2.05, 4.69) is 20.9 Å². The standard InChI is InChI=1S/C16H12BrNO5/c1-20-13-8-9(6-10(17)14(13)21-2)7-11-16(19)23-15(18-11)12-4-3-5-22-12/h3-8H,1-2H3/b11-7-. The Morgan fingerprint density at radius 3 is 2.74 bits per heavy atom. The largest absolute Gasteiger partial charge is 0.493 e. The van der Waals surface area contributed by atoms with Gasteiger partial charge in [0, 0.05) is 0 Å². The Bertz CT molecular complexity index is 808. The molecule has 6 nitrogen and oxygen atoms in total. The van der Waals surface area contributed by atoms with E-state index < -0.39 is 5.97 Å². The van der Waals surface area contributed by atoms with E-state index in [1.165, 1.54) is 13.4 Å². The first-order valence-electron chi connectivity index (χ1n) is 6.60. The molecule has 118 valence electrons. The molecule has 1 aromatic heterocycles. The predicted molar refractivity (Wildman–Crippen MR) is 86.6 cm³/mol. The predicted octanol–water partition coefficient (Wildman–Crippen LogP) is 3.40. The van der Waals surface area contributed by atoms with Gasteiger partial charge in [-0.05, 0) is 51.8 Å². The second-order valence-corrected chi connectivity index (χ2v) is 5.41. The molecule has 0 saturated carbocycles. The SMILES string of the molecule is COc1cc(/C=C2\N=C(c3ccco3)OC2=O)cc(Br)c1OC. The fourth-order valence-electron chi connectivity index (χ4n) is 2.09. The summed E-state index contributed by atoms with van der Waals surface area (Å²) in [6.07, 6.45) is 3.09. The van der Waals surface area contributed by atoms with Crippen molar-refractivity contribution in [2.45, 2.75) is 0 Å². The van der Waals surface area contributed by atoms with Gasteiger partial charge in [-0.2, -0.15) is 0 Å². The van der Waals surface area contributed by atoms with Gasteiger partial charge >= 0.3 is 5.97 Å². The Morgan fingerprint density at radius 1 is 1.26 bits per heavy atom. The number of hydrogen-bond donors (Lipinski definition) is 0. The Labute approximate surface area is 140 Å². The molecule has 1 aliphatic rings. The zero-order valence-corrected chi connectivity index (χ0v) is 13.9. The molecule has 2 heterocycles. The zero-order valence-electron chi connectivity index (χ0n) is 12.3. The molecule has 0 saturated heterocycles. The summed E-state index contributed by atoms with van der Waals surface area (Å²) in [7, 11) is 3.09. The average Bonchev–Trinajstić information content (AvgIpc) is 3.17. The average molecular weight is 378 g/mol. The van der Waals surface area contributed by atoms with Crippen molar-refractivity contribution >= 4 is 33.9 Å². The Morgan fingerprint density at radius 2 is 2.09 bits per heavy atom. The molecular formula is C16H12BrNO5. The fraction of sp³-hybridized carbons (Fsp3) is 0.125. The summed E-state index contributed by atoms with van der Waals surface area (Å²) < 4.78 is 21.5. The van der Waals surface area contributed by atoms with Crippen LogP contribution in [0.1, 0.15) is 11.3 Å². The minimum atomic E-state index is -0.540. The van der Waals surface area contributed by atoms with Crippen LogP contribution in [0, 0.1) is 0 Å². The van der Waals surface area contributed by atoms with Crippen LogP contribution in [0.15, 0.2) is 50.1 Å². The van der Waals surface area contributed by atoms with Crippen molar-refractivity contribution in [1.82, 2.24) is 0 Å². The maximum absolute atomic E-state index is 11.9. The first-order chi connectivity index (χ1) is 11.1. The third-order valence-corrected chi connectivity index (χ3v) is 3.70. The lowest BCUT2D eigenvalue weighted by Gasteiger charge is -2.10. The van der Waals surface area contributed by atoms with Gasteiger partial charge in [-0.1, -0.05) is 0 Å². The minimum absolute atomic E-state index is 0.144. The lowest BCUT2D eigenvalue weighted by Crippen LogP contribution is -2.04. The molecule has 0 unspecified atom stereocenters. The van der Waals surface area contributed by atoms with Crippen LogP contribution < -0.4 is 9.47 Å². The van der Waals surface area contributed by atoms with E-state index in [4.69, 9.17) is 18.6 Å². The van der Waals surface area contributed by atoms with Crippen molar-refractivity contribution in [3.8, 4) is 11.5 Å². The zero-order chi connectivity index (χ0) is 16.4. The van der Waals surface area contributed by atoms with Gasteiger partial charge in [0.15, 0.2) is 23.0 Å². The van der Waals surface area contributed by atoms with Crippen molar-refractivity contribution in [1.29, 1.82) is 0 Å². The lowest BCUT2D eigenvalue weighted by atomic mass is 10.1. The van der Waals surface area contributed by atoms with E-state index in [0.717, 1.165) is 0 Å². The van der Waals surface area contributed by atoms with Crippen molar-refractivity contribution < 1.29 is 23.4 Å². The molecule has 0 fully saturated rings. The second-order valence-electron chi connectivity index (χ2n) is 4.55. The number of hydrogen-bond acceptors (Lipinski definition) is 6. The number of methoxy groups -OCH3 is 2. The Kier molecular flexibility index (Phi) is 4.20. The van der Waals surface area contributed by atoms with Gasteiger partial charge in [0.1, 0.15) is 0 Å². The van der Waals surface area contributed by atoms with Gasteiger partial charge in [-0.25, -0.2) is 9.79 Å². The van der Waals surface area contributed by atoms with Crippen LogP contribution in [0.25, 0.3) is 6.08 Å². The summed E-state index contributed by atoms with van der Waals surface area (Å²) in [6, 6.07) is 6.90. The third kappa shape index (κ3) is 3.00. The van der Waals surface area contributed by atoms with Crippen molar-refractivity contribution in [3.05, 3.63) is 52.0 Å². The quantitative estimate of drug-likeness (QED) is 0.603. The van der Waals surface area contributed by atoms with Gasteiger partial charge in [-0.15, -0.1) is 0 Å². The third-order valence-electron chi connectivity index (χ3n) is 3.11. The van der Waals surface area contributed by atoms with E-state index in [9.17, 15) is 4.79 Å². The number of carbonyl (C=O) groups excluding carboxylic acids is 1. The molecule has 1 aromatic carbocycles. The van der Waals surface area contributed by atoms with Crippen LogP contribution in [0.4, 0.5) is 0 Å². The van der Waals surface area contributed by atoms with Gasteiger partial charge in [0.25, 0.3) is 5.90 Å². The molecule has 23 heavy (non-hydrogen) atoms. The molecule has 2 aromatic rings. The maximum atomic E-state index is 11.9. The van der Waals surface area contributed by atoms with Crippen LogP contribution in [0.3, 0.4) is 0 Å². The van der Waals surface area contributed by atoms with Crippen LogP contribution in [0.2, 0.25) is 0 Å². The highest BCUT2D eigenvalue weighted by Gasteiger charge is 2.26. The summed E-state index contributed by atoms with van der Waals surface area (Å²) in [4.78, 5) is 16.1. The van der Waals surface area contributed by atoms with Crippen LogP contribution >= 0.6 is 15.9 Å². The molecule has 0 aliphatic carbocycles. The molecule has 0 bridgehead atoms. The molecule has 0 amide bonds. The molecule has 0 N–H and O–H groups in total. The van der Waals surface area contributed by atoms with E-state index >= 15 is 0 Å². The summed E-state index contributed by atoms with van der Waals surface area (Å²) in [5, 5.41) is 0. The summed E-state index contributed by atoms with van der Waals surface area (Å²) in [6.45, 7) is 0. The lowest BCUT2D eigenvalue weighted by molar-refractivity contribution is -0.130. The number of benzene rings is 1. The van der Waals surface area contributed by atoms with Gasteiger partial charge in [-0.3, -0.25) is 0 Å². The van der Waals surface area contributed by atoms with Crippen molar-refractivity contribution in [3.63, 3.8) is 0 Å². The second kappa shape index (κ2) is 6.29. The van der Waals surface area contributed by atoms with Crippen LogP contribution in [-0.2, 0) is 9.53 Å². The number of aliphatic imine (C=N–C) groups is 1. The number of furan rings is 1. The number of nitrogens with zero attached hydrogens (tertiary/aromatic N) is 1. The van der Waals surface area contributed by atoms with E-state index in [1.807, 2.05) is 0 Å². The molecule has 1 aliphatic heterocycles. The number of cyclic esters (lactones) is 1. The van der Waals surface area contributed by atoms with E-state index in [-0.39, 0.29) is 11.6 Å². The topological polar surface area (TPSA) is 70.3 Å². The Balaban J connectivity index is 1.98. The fourth-order valence-corrected chi connectivity index (χ4v) is 2.72. The van der Waals surface area contributed by atoms with Gasteiger partial charge in [0.2, 0.25) is 0 Å². The van der Waals surface area contributed by atoms with Gasteiger partial charge < -0.3 is 18.6 Å². The summed E-state index contributed by atoms with van der Waals surface area (Å²) in [5.41, 5.74) is 0.890. The van der Waals surface area contributed by atoms with Crippen molar-refractivity contribution in [2.75, 3.05) is 14.2 Å². The normalized spacial score (nSPS) is 15.5. The van der Waals surface area contributed by atoms with E-state index in [1.54, 1.807) is 37.5 Å². The molecule has 0 atom stereocenters. The van der Waals surface area contributed by atoms with E-state index in [0.29, 0.717) is 27.3 Å². The first-order valence-corrected chi connectivity index (χ1v) is 7.39. The number of rotatable bonds is 4. The number of halogens is 1. The summed E-state index contributed by atoms with van der Waals surface area (Å²) in [5.74, 6) is 1.11. The molecule has 3 rings (SSSR count). The smallest absolute Gasteiger partial charge is 0.363 e. The molecule has 0 spiro atoms. The monoisotopic (exact) mass is 377 g/mol. The Hall–Kier alpha value is -2.54. The molecular weight excluding hydrogens is 366 g/mol. The highest BCUT2D eigenvalue weighted by molar-refractivity contribution is 9.10. The highest BCUT2D eigenvalue weighted by Crippen LogP contribution is 2.37. The number of carbonyl (C=O) groups is 1. The minimum Gasteiger partial charge on any atom is -0.493 e. The molecule has 7 heteroatoms. The highest BCUT2D eigenvalue weighted by atomic mass is 79.9. The maximum Gasteiger partial charge on any atom is 0.363 e.